The standard InChI is InChI=1S/C26H26ClF3N10O2.CH2O2/c27-19-11-15(1-2-17(19)24(41)38-7-9-39(10-8-38)25(42)36-16-3-4-31-12-16)35-22-23-33-14-20(40(23)6-5-32-22)18-13-34-37-21(18)26(28,29)30;2-1-3/h1-2,5-6,11,13-14,16,31H,3-4,7-10,12H2,(H,32,35)(H,34,37)(H,36,42);1H,(H,2,3)/t16-;/m1./s1. The number of anilines is 2. The number of carbonyl (C=O) groups is 3. The van der Waals surface area contributed by atoms with E-state index in [9.17, 15) is 22.8 Å². The normalized spacial score (nSPS) is 16.7. The van der Waals surface area contributed by atoms with Gasteiger partial charge in [-0.2, -0.15) is 18.3 Å². The second-order valence-electron chi connectivity index (χ2n) is 10.1. The van der Waals surface area contributed by atoms with E-state index in [1.165, 1.54) is 23.0 Å². The predicted octanol–water partition coefficient (Wildman–Crippen LogP) is 3.07. The Bertz CT molecular complexity index is 1680. The summed E-state index contributed by atoms with van der Waals surface area (Å²) in [6.45, 7) is 2.99. The van der Waals surface area contributed by atoms with Crippen molar-refractivity contribution in [3.63, 3.8) is 0 Å². The van der Waals surface area contributed by atoms with Crippen molar-refractivity contribution in [1.29, 1.82) is 0 Å². The summed E-state index contributed by atoms with van der Waals surface area (Å²) in [7, 11) is 0. The maximum absolute atomic E-state index is 13.4. The number of hydrogen-bond donors (Lipinski definition) is 5. The molecule has 1 aromatic carbocycles. The number of amides is 3. The van der Waals surface area contributed by atoms with Crippen molar-refractivity contribution >= 4 is 47.2 Å². The summed E-state index contributed by atoms with van der Waals surface area (Å²) in [5, 5.41) is 22.0. The third kappa shape index (κ3) is 6.93. The van der Waals surface area contributed by atoms with Crippen molar-refractivity contribution in [1.82, 2.24) is 45.0 Å². The van der Waals surface area contributed by atoms with Crippen LogP contribution in [0.3, 0.4) is 0 Å². The van der Waals surface area contributed by atoms with Crippen LogP contribution in [0.2, 0.25) is 5.02 Å². The minimum Gasteiger partial charge on any atom is -0.483 e. The van der Waals surface area contributed by atoms with Crippen molar-refractivity contribution in [3.8, 4) is 11.3 Å². The second kappa shape index (κ2) is 13.4. The molecular formula is C27H28ClF3N10O4. The molecule has 2 aliphatic heterocycles. The fraction of sp³-hybridized carbons (Fsp3) is 0.333. The SMILES string of the molecule is O=C(N[C@@H]1CCNC1)N1CCN(C(=O)c2ccc(Nc3nccn4c(-c5c[nH]nc5C(F)(F)F)cnc34)cc2Cl)CC1.O=CO. The lowest BCUT2D eigenvalue weighted by atomic mass is 10.1. The van der Waals surface area contributed by atoms with Gasteiger partial charge < -0.3 is 30.9 Å². The Hall–Kier alpha value is -4.90. The van der Waals surface area contributed by atoms with Gasteiger partial charge in [-0.05, 0) is 31.2 Å². The number of alkyl halides is 3. The van der Waals surface area contributed by atoms with Gasteiger partial charge in [0.2, 0.25) is 0 Å². The van der Waals surface area contributed by atoms with Crippen LogP contribution in [0.15, 0.2) is 43.0 Å². The summed E-state index contributed by atoms with van der Waals surface area (Å²) in [6.07, 6.45) is 1.66. The van der Waals surface area contributed by atoms with Gasteiger partial charge in [0.1, 0.15) is 0 Å². The number of aromatic amines is 1. The highest BCUT2D eigenvalue weighted by molar-refractivity contribution is 6.34. The van der Waals surface area contributed by atoms with Gasteiger partial charge in [-0.25, -0.2) is 14.8 Å². The molecule has 45 heavy (non-hydrogen) atoms. The van der Waals surface area contributed by atoms with Gasteiger partial charge in [0.05, 0.1) is 28.0 Å². The van der Waals surface area contributed by atoms with E-state index in [1.54, 1.807) is 28.0 Å². The fourth-order valence-corrected chi connectivity index (χ4v) is 5.40. The third-order valence-corrected chi connectivity index (χ3v) is 7.63. The molecule has 14 nitrogen and oxygen atoms in total. The molecule has 2 saturated heterocycles. The Balaban J connectivity index is 0.00000128. The van der Waals surface area contributed by atoms with Crippen LogP contribution in [0.4, 0.5) is 29.5 Å². The van der Waals surface area contributed by atoms with E-state index < -0.39 is 11.9 Å². The number of fused-ring (bicyclic) bond motifs is 1. The molecule has 0 saturated carbocycles. The molecule has 3 aromatic heterocycles. The first-order valence-corrected chi connectivity index (χ1v) is 14.1. The summed E-state index contributed by atoms with van der Waals surface area (Å²) < 4.78 is 41.7. The van der Waals surface area contributed by atoms with Crippen LogP contribution in [0, 0.1) is 0 Å². The van der Waals surface area contributed by atoms with Crippen LogP contribution in [-0.4, -0.2) is 103 Å². The van der Waals surface area contributed by atoms with E-state index >= 15 is 0 Å². The van der Waals surface area contributed by atoms with Gasteiger partial charge in [0, 0.05) is 63.0 Å². The molecule has 5 heterocycles. The number of aromatic nitrogens is 5. The molecule has 6 rings (SSSR count). The van der Waals surface area contributed by atoms with E-state index in [2.05, 4.69) is 36.1 Å². The maximum atomic E-state index is 13.4. The second-order valence-corrected chi connectivity index (χ2v) is 10.5. The number of urea groups is 1. The molecule has 4 aromatic rings. The Morgan fingerprint density at radius 2 is 1.87 bits per heavy atom. The molecule has 2 fully saturated rings. The molecule has 5 N–H and O–H groups in total. The maximum Gasteiger partial charge on any atom is 0.435 e. The zero-order chi connectivity index (χ0) is 32.1. The average Bonchev–Trinajstić information content (AvgIpc) is 3.79. The quantitative estimate of drug-likeness (QED) is 0.204. The number of carbonyl (C=O) groups excluding carboxylic acids is 2. The summed E-state index contributed by atoms with van der Waals surface area (Å²) >= 11 is 6.51. The van der Waals surface area contributed by atoms with E-state index in [1.807, 2.05) is 0 Å². The van der Waals surface area contributed by atoms with Crippen molar-refractivity contribution in [2.45, 2.75) is 18.6 Å². The fourth-order valence-electron chi connectivity index (χ4n) is 5.14. The highest BCUT2D eigenvalue weighted by Gasteiger charge is 2.37. The van der Waals surface area contributed by atoms with Crippen molar-refractivity contribution < 1.29 is 32.7 Å². The lowest BCUT2D eigenvalue weighted by Crippen LogP contribution is -2.54. The van der Waals surface area contributed by atoms with Crippen molar-refractivity contribution in [2.75, 3.05) is 44.6 Å². The van der Waals surface area contributed by atoms with Crippen LogP contribution >= 0.6 is 11.6 Å². The van der Waals surface area contributed by atoms with Crippen molar-refractivity contribution in [2.24, 2.45) is 0 Å². The minimum atomic E-state index is -4.64. The number of piperazine rings is 1. The lowest BCUT2D eigenvalue weighted by Gasteiger charge is -2.35. The van der Waals surface area contributed by atoms with Crippen LogP contribution < -0.4 is 16.0 Å². The van der Waals surface area contributed by atoms with Gasteiger partial charge in [-0.15, -0.1) is 0 Å². The molecule has 0 radical (unpaired) electrons. The van der Waals surface area contributed by atoms with Gasteiger partial charge in [-0.1, -0.05) is 11.6 Å². The van der Waals surface area contributed by atoms with Gasteiger partial charge in [0.15, 0.2) is 17.2 Å². The molecule has 0 aliphatic carbocycles. The first-order chi connectivity index (χ1) is 21.6. The number of nitrogens with zero attached hydrogens (tertiary/aromatic N) is 6. The highest BCUT2D eigenvalue weighted by atomic mass is 35.5. The van der Waals surface area contributed by atoms with E-state index in [4.69, 9.17) is 21.5 Å². The van der Waals surface area contributed by atoms with E-state index in [-0.39, 0.29) is 52.2 Å². The number of H-pyrrole nitrogens is 1. The predicted molar refractivity (Wildman–Crippen MR) is 156 cm³/mol. The first kappa shape index (κ1) is 31.5. The summed E-state index contributed by atoms with van der Waals surface area (Å²) in [4.78, 5) is 46.0. The highest BCUT2D eigenvalue weighted by Crippen LogP contribution is 2.36. The lowest BCUT2D eigenvalue weighted by molar-refractivity contribution is -0.140. The monoisotopic (exact) mass is 648 g/mol. The topological polar surface area (TPSA) is 173 Å². The average molecular weight is 649 g/mol. The summed E-state index contributed by atoms with van der Waals surface area (Å²) in [6, 6.07) is 4.83. The zero-order valence-corrected chi connectivity index (χ0v) is 24.3. The number of nitrogens with one attached hydrogen (secondary N) is 4. The van der Waals surface area contributed by atoms with Crippen molar-refractivity contribution in [3.05, 3.63) is 59.3 Å². The molecule has 0 spiro atoms. The van der Waals surface area contributed by atoms with Gasteiger partial charge in [0.25, 0.3) is 12.4 Å². The molecule has 0 bridgehead atoms. The zero-order valence-electron chi connectivity index (χ0n) is 23.5. The number of halogens is 4. The van der Waals surface area contributed by atoms with E-state index in [0.717, 1.165) is 25.7 Å². The Morgan fingerprint density at radius 1 is 1.13 bits per heavy atom. The van der Waals surface area contributed by atoms with Gasteiger partial charge in [-0.3, -0.25) is 19.1 Å². The number of benzene rings is 1. The number of imidazole rings is 1. The number of carboxylic acid groups (broad SMARTS) is 1. The summed E-state index contributed by atoms with van der Waals surface area (Å²) in [5.41, 5.74) is 0.0855. The minimum absolute atomic E-state index is 0.122. The molecule has 18 heteroatoms. The Kier molecular flexibility index (Phi) is 9.38. The molecule has 1 atom stereocenters. The smallest absolute Gasteiger partial charge is 0.435 e. The van der Waals surface area contributed by atoms with Crippen LogP contribution in [0.25, 0.3) is 16.9 Å². The number of hydrogen-bond acceptors (Lipinski definition) is 8. The van der Waals surface area contributed by atoms with Crippen LogP contribution in [0.1, 0.15) is 22.5 Å². The van der Waals surface area contributed by atoms with Gasteiger partial charge >= 0.3 is 12.2 Å². The molecule has 3 amide bonds. The molecule has 2 aliphatic rings. The largest absolute Gasteiger partial charge is 0.483 e. The third-order valence-electron chi connectivity index (χ3n) is 7.32. The number of rotatable bonds is 5. The summed E-state index contributed by atoms with van der Waals surface area (Å²) in [5.74, 6) is 0.0315. The molecular weight excluding hydrogens is 621 g/mol. The van der Waals surface area contributed by atoms with Crippen LogP contribution in [0.5, 0.6) is 0 Å². The van der Waals surface area contributed by atoms with E-state index in [0.29, 0.717) is 37.4 Å². The first-order valence-electron chi connectivity index (χ1n) is 13.7. The van der Waals surface area contributed by atoms with Crippen LogP contribution in [-0.2, 0) is 11.0 Å². The molecule has 0 unspecified atom stereocenters. The molecule has 238 valence electrons. The Labute approximate surface area is 258 Å². The Morgan fingerprint density at radius 3 is 2.53 bits per heavy atom.